The highest BCUT2D eigenvalue weighted by Crippen LogP contribution is 2.25. The zero-order chi connectivity index (χ0) is 6.74. The van der Waals surface area contributed by atoms with Crippen molar-refractivity contribution < 1.29 is 4.74 Å². The lowest BCUT2D eigenvalue weighted by Crippen LogP contribution is -2.26. The molecule has 1 aliphatic rings. The summed E-state index contributed by atoms with van der Waals surface area (Å²) in [7, 11) is 0. The predicted molar refractivity (Wildman–Crippen MR) is 38.2 cm³/mol. The Kier molecular flexibility index (Phi) is 1.79. The van der Waals surface area contributed by atoms with Crippen LogP contribution >= 0.6 is 0 Å². The lowest BCUT2D eigenvalue weighted by Gasteiger charge is -2.29. The van der Waals surface area contributed by atoms with Crippen LogP contribution in [0.1, 0.15) is 33.1 Å². The summed E-state index contributed by atoms with van der Waals surface area (Å²) in [5.74, 6) is 0. The Bertz CT molecular complexity index is 118. The van der Waals surface area contributed by atoms with Crippen molar-refractivity contribution >= 4 is 0 Å². The van der Waals surface area contributed by atoms with Gasteiger partial charge in [0.05, 0.1) is 6.26 Å². The monoisotopic (exact) mass is 126 g/mol. The van der Waals surface area contributed by atoms with Crippen molar-refractivity contribution in [3.8, 4) is 0 Å². The molecule has 0 fully saturated rings. The third-order valence-corrected chi connectivity index (χ3v) is 2.04. The normalized spacial score (nSPS) is 34.0. The Hall–Kier alpha value is -0.460. The van der Waals surface area contributed by atoms with Crippen molar-refractivity contribution in [3.63, 3.8) is 0 Å². The second-order valence-corrected chi connectivity index (χ2v) is 2.83. The fraction of sp³-hybridized carbons (Fsp3) is 0.750. The zero-order valence-electron chi connectivity index (χ0n) is 6.18. The molecule has 52 valence electrons. The quantitative estimate of drug-likeness (QED) is 0.524. The molecule has 1 rings (SSSR count). The molecule has 0 aromatic rings. The van der Waals surface area contributed by atoms with Gasteiger partial charge in [-0.25, -0.2) is 0 Å². The van der Waals surface area contributed by atoms with E-state index in [1.165, 1.54) is 12.8 Å². The van der Waals surface area contributed by atoms with Gasteiger partial charge in [0, 0.05) is 0 Å². The zero-order valence-corrected chi connectivity index (χ0v) is 6.18. The second-order valence-electron chi connectivity index (χ2n) is 2.83. The van der Waals surface area contributed by atoms with E-state index in [2.05, 4.69) is 19.9 Å². The summed E-state index contributed by atoms with van der Waals surface area (Å²) in [4.78, 5) is 0. The van der Waals surface area contributed by atoms with Gasteiger partial charge in [0.15, 0.2) is 0 Å². The molecule has 1 atom stereocenters. The van der Waals surface area contributed by atoms with Crippen LogP contribution in [0.5, 0.6) is 0 Å². The van der Waals surface area contributed by atoms with E-state index in [0.29, 0.717) is 0 Å². The second kappa shape index (κ2) is 2.42. The standard InChI is InChI=1S/C8H14O/c1-3-8(2)6-4-5-7-9-8/h5,7H,3-4,6H2,1-2H3. The number of allylic oxidation sites excluding steroid dienone is 1. The number of rotatable bonds is 1. The summed E-state index contributed by atoms with van der Waals surface area (Å²) >= 11 is 0. The van der Waals surface area contributed by atoms with Gasteiger partial charge in [0.1, 0.15) is 5.60 Å². The molecule has 0 saturated heterocycles. The van der Waals surface area contributed by atoms with Gasteiger partial charge in [0.2, 0.25) is 0 Å². The molecule has 1 aliphatic heterocycles. The van der Waals surface area contributed by atoms with E-state index in [0.717, 1.165) is 6.42 Å². The Morgan fingerprint density at radius 1 is 1.67 bits per heavy atom. The van der Waals surface area contributed by atoms with Gasteiger partial charge < -0.3 is 4.74 Å². The van der Waals surface area contributed by atoms with Crippen LogP contribution in [0.3, 0.4) is 0 Å². The third-order valence-electron chi connectivity index (χ3n) is 2.04. The maximum absolute atomic E-state index is 5.43. The molecule has 0 aromatic carbocycles. The van der Waals surface area contributed by atoms with Gasteiger partial charge in [-0.05, 0) is 32.3 Å². The van der Waals surface area contributed by atoms with Crippen LogP contribution in [0.2, 0.25) is 0 Å². The van der Waals surface area contributed by atoms with E-state index in [4.69, 9.17) is 4.74 Å². The molecule has 0 saturated carbocycles. The van der Waals surface area contributed by atoms with Gasteiger partial charge in [-0.3, -0.25) is 0 Å². The van der Waals surface area contributed by atoms with Crippen LogP contribution in [0.4, 0.5) is 0 Å². The first-order valence-corrected chi connectivity index (χ1v) is 3.60. The fourth-order valence-electron chi connectivity index (χ4n) is 0.988. The summed E-state index contributed by atoms with van der Waals surface area (Å²) in [6.45, 7) is 4.33. The Morgan fingerprint density at radius 3 is 2.78 bits per heavy atom. The van der Waals surface area contributed by atoms with Crippen LogP contribution in [0, 0.1) is 0 Å². The van der Waals surface area contributed by atoms with Crippen molar-refractivity contribution in [1.29, 1.82) is 0 Å². The molecule has 0 radical (unpaired) electrons. The minimum absolute atomic E-state index is 0.134. The average Bonchev–Trinajstić information content (AvgIpc) is 1.90. The van der Waals surface area contributed by atoms with Crippen molar-refractivity contribution in [2.75, 3.05) is 0 Å². The average molecular weight is 126 g/mol. The molecule has 1 nitrogen and oxygen atoms in total. The van der Waals surface area contributed by atoms with Crippen LogP contribution in [0.25, 0.3) is 0 Å². The molecule has 9 heavy (non-hydrogen) atoms. The highest BCUT2D eigenvalue weighted by atomic mass is 16.5. The maximum atomic E-state index is 5.43. The van der Waals surface area contributed by atoms with Crippen LogP contribution in [-0.4, -0.2) is 5.60 Å². The van der Waals surface area contributed by atoms with Crippen molar-refractivity contribution in [2.24, 2.45) is 0 Å². The SMILES string of the molecule is CCC1(C)CCC=CO1. The Labute approximate surface area is 56.7 Å². The molecule has 0 aromatic heterocycles. The van der Waals surface area contributed by atoms with E-state index in [1.54, 1.807) is 0 Å². The smallest absolute Gasteiger partial charge is 0.105 e. The molecule has 1 heteroatoms. The first-order chi connectivity index (χ1) is 4.27. The Balaban J connectivity index is 2.50. The van der Waals surface area contributed by atoms with Gasteiger partial charge in [-0.1, -0.05) is 6.92 Å². The molecule has 0 bridgehead atoms. The van der Waals surface area contributed by atoms with Gasteiger partial charge >= 0.3 is 0 Å². The fourth-order valence-corrected chi connectivity index (χ4v) is 0.988. The number of hydrogen-bond acceptors (Lipinski definition) is 1. The molecule has 1 unspecified atom stereocenters. The van der Waals surface area contributed by atoms with Crippen LogP contribution < -0.4 is 0 Å². The molecular weight excluding hydrogens is 112 g/mol. The lowest BCUT2D eigenvalue weighted by atomic mass is 9.95. The van der Waals surface area contributed by atoms with Crippen LogP contribution in [-0.2, 0) is 4.74 Å². The molecule has 0 aliphatic carbocycles. The van der Waals surface area contributed by atoms with Crippen LogP contribution in [0.15, 0.2) is 12.3 Å². The van der Waals surface area contributed by atoms with Crippen molar-refractivity contribution in [3.05, 3.63) is 12.3 Å². The number of ether oxygens (including phenoxy) is 1. The van der Waals surface area contributed by atoms with E-state index < -0.39 is 0 Å². The summed E-state index contributed by atoms with van der Waals surface area (Å²) in [5.41, 5.74) is 0.134. The highest BCUT2D eigenvalue weighted by molar-refractivity contribution is 4.88. The Morgan fingerprint density at radius 2 is 2.44 bits per heavy atom. The minimum atomic E-state index is 0.134. The first kappa shape index (κ1) is 6.66. The highest BCUT2D eigenvalue weighted by Gasteiger charge is 2.22. The molecular formula is C8H14O. The van der Waals surface area contributed by atoms with Gasteiger partial charge in [0.25, 0.3) is 0 Å². The minimum Gasteiger partial charge on any atom is -0.496 e. The van der Waals surface area contributed by atoms with E-state index in [1.807, 2.05) is 6.26 Å². The van der Waals surface area contributed by atoms with Crippen molar-refractivity contribution in [2.45, 2.75) is 38.7 Å². The third kappa shape index (κ3) is 1.47. The molecule has 0 amide bonds. The summed E-state index contributed by atoms with van der Waals surface area (Å²) < 4.78 is 5.43. The summed E-state index contributed by atoms with van der Waals surface area (Å²) in [6, 6.07) is 0. The molecule has 0 N–H and O–H groups in total. The number of hydrogen-bond donors (Lipinski definition) is 0. The summed E-state index contributed by atoms with van der Waals surface area (Å²) in [5, 5.41) is 0. The topological polar surface area (TPSA) is 9.23 Å². The van der Waals surface area contributed by atoms with Crippen molar-refractivity contribution in [1.82, 2.24) is 0 Å². The van der Waals surface area contributed by atoms with Gasteiger partial charge in [-0.15, -0.1) is 0 Å². The van der Waals surface area contributed by atoms with E-state index in [9.17, 15) is 0 Å². The molecule has 0 spiro atoms. The summed E-state index contributed by atoms with van der Waals surface area (Å²) in [6.07, 6.45) is 7.35. The largest absolute Gasteiger partial charge is 0.496 e. The van der Waals surface area contributed by atoms with E-state index in [-0.39, 0.29) is 5.60 Å². The van der Waals surface area contributed by atoms with Gasteiger partial charge in [-0.2, -0.15) is 0 Å². The first-order valence-electron chi connectivity index (χ1n) is 3.60. The lowest BCUT2D eigenvalue weighted by molar-refractivity contribution is 0.0184. The molecule has 1 heterocycles. The maximum Gasteiger partial charge on any atom is 0.105 e. The predicted octanol–water partition coefficient (Wildman–Crippen LogP) is 2.48. The van der Waals surface area contributed by atoms with E-state index >= 15 is 0 Å².